The highest BCUT2D eigenvalue weighted by molar-refractivity contribution is 6.29. The number of aromatic nitrogens is 3. The van der Waals surface area contributed by atoms with Crippen molar-refractivity contribution in [1.29, 1.82) is 0 Å². The number of rotatable bonds is 4. The summed E-state index contributed by atoms with van der Waals surface area (Å²) >= 11 is 6.12. The Bertz CT molecular complexity index is 1250. The van der Waals surface area contributed by atoms with Crippen LogP contribution in [0.1, 0.15) is 31.0 Å². The average molecular weight is 496 g/mol. The average Bonchev–Trinajstić information content (AvgIpc) is 2.80. The summed E-state index contributed by atoms with van der Waals surface area (Å²) in [5.41, 5.74) is 0.669. The van der Waals surface area contributed by atoms with Crippen LogP contribution in [-0.4, -0.2) is 56.3 Å². The maximum atomic E-state index is 12.9. The van der Waals surface area contributed by atoms with Crippen molar-refractivity contribution in [3.8, 4) is 0 Å². The molecule has 1 N–H and O–H groups in total. The van der Waals surface area contributed by atoms with Crippen molar-refractivity contribution in [2.45, 2.75) is 38.1 Å². The number of aryl methyl sites for hydroxylation is 1. The molecule has 34 heavy (non-hydrogen) atoms. The quantitative estimate of drug-likeness (QED) is 0.557. The van der Waals surface area contributed by atoms with Crippen molar-refractivity contribution in [2.75, 3.05) is 24.6 Å². The molecule has 1 aromatic carbocycles. The first-order valence-corrected chi connectivity index (χ1v) is 11.2. The van der Waals surface area contributed by atoms with Gasteiger partial charge in [0.05, 0.1) is 23.7 Å². The minimum Gasteiger partial charge on any atom is -0.395 e. The first kappa shape index (κ1) is 24.4. The van der Waals surface area contributed by atoms with Gasteiger partial charge in [-0.1, -0.05) is 23.7 Å². The van der Waals surface area contributed by atoms with Crippen molar-refractivity contribution >= 4 is 28.5 Å². The predicted octanol–water partition coefficient (Wildman–Crippen LogP) is 3.63. The molecular formula is C23H25ClF3N5O2. The summed E-state index contributed by atoms with van der Waals surface area (Å²) in [5.74, 6) is 0.397. The number of anilines is 1. The molecule has 1 fully saturated rings. The second kappa shape index (κ2) is 9.16. The van der Waals surface area contributed by atoms with E-state index in [1.165, 1.54) is 16.7 Å². The van der Waals surface area contributed by atoms with E-state index in [1.807, 2.05) is 18.7 Å². The molecule has 11 heteroatoms. The molecular weight excluding hydrogens is 471 g/mol. The molecule has 1 aliphatic rings. The van der Waals surface area contributed by atoms with Crippen LogP contribution in [0.15, 0.2) is 41.2 Å². The van der Waals surface area contributed by atoms with Gasteiger partial charge in [0.25, 0.3) is 0 Å². The molecule has 7 nitrogen and oxygen atoms in total. The minimum absolute atomic E-state index is 0.122. The molecule has 0 amide bonds. The minimum atomic E-state index is -4.39. The molecule has 4 rings (SSSR count). The van der Waals surface area contributed by atoms with Crippen LogP contribution < -0.4 is 10.6 Å². The van der Waals surface area contributed by atoms with Gasteiger partial charge in [-0.2, -0.15) is 18.2 Å². The third-order valence-electron chi connectivity index (χ3n) is 6.49. The first-order valence-electron chi connectivity index (χ1n) is 10.8. The van der Waals surface area contributed by atoms with E-state index in [2.05, 4.69) is 14.9 Å². The maximum absolute atomic E-state index is 12.9. The third kappa shape index (κ3) is 4.49. The number of benzene rings is 1. The van der Waals surface area contributed by atoms with Crippen LogP contribution in [0, 0.1) is 0 Å². The second-order valence-electron chi connectivity index (χ2n) is 8.61. The molecule has 1 aliphatic heterocycles. The van der Waals surface area contributed by atoms with Gasteiger partial charge >= 0.3 is 11.9 Å². The zero-order chi connectivity index (χ0) is 24.8. The van der Waals surface area contributed by atoms with Crippen LogP contribution in [0.3, 0.4) is 0 Å². The lowest BCUT2D eigenvalue weighted by atomic mass is 9.99. The van der Waals surface area contributed by atoms with Crippen molar-refractivity contribution < 1.29 is 18.3 Å². The second-order valence-corrected chi connectivity index (χ2v) is 9.00. The van der Waals surface area contributed by atoms with E-state index in [9.17, 15) is 23.1 Å². The number of nitrogens with zero attached hydrogens (tertiary/aromatic N) is 5. The monoisotopic (exact) mass is 495 g/mol. The summed E-state index contributed by atoms with van der Waals surface area (Å²) < 4.78 is 40.2. The predicted molar refractivity (Wildman–Crippen MR) is 124 cm³/mol. The van der Waals surface area contributed by atoms with Crippen molar-refractivity contribution in [1.82, 2.24) is 19.4 Å². The Morgan fingerprint density at radius 3 is 2.44 bits per heavy atom. The molecule has 0 radical (unpaired) electrons. The number of aliphatic hydroxyl groups is 1. The van der Waals surface area contributed by atoms with Gasteiger partial charge in [0.1, 0.15) is 10.7 Å². The largest absolute Gasteiger partial charge is 0.416 e. The van der Waals surface area contributed by atoms with Gasteiger partial charge in [0.2, 0.25) is 0 Å². The van der Waals surface area contributed by atoms with Gasteiger partial charge in [-0.25, -0.2) is 9.78 Å². The topological polar surface area (TPSA) is 74.5 Å². The fourth-order valence-corrected chi connectivity index (χ4v) is 4.67. The number of alkyl halides is 3. The Kier molecular flexibility index (Phi) is 6.58. The first-order chi connectivity index (χ1) is 16.0. The lowest BCUT2D eigenvalue weighted by Gasteiger charge is -2.47. The fourth-order valence-electron chi connectivity index (χ4n) is 4.52. The summed E-state index contributed by atoms with van der Waals surface area (Å²) in [4.78, 5) is 25.2. The van der Waals surface area contributed by atoms with Crippen molar-refractivity contribution in [3.63, 3.8) is 0 Å². The molecule has 0 aliphatic carbocycles. The number of fused-ring (bicyclic) bond motifs is 1. The van der Waals surface area contributed by atoms with E-state index in [-0.39, 0.29) is 29.9 Å². The highest BCUT2D eigenvalue weighted by atomic mass is 35.5. The van der Waals surface area contributed by atoms with Gasteiger partial charge in [-0.05, 0) is 43.7 Å². The molecule has 1 saturated heterocycles. The van der Waals surface area contributed by atoms with Crippen LogP contribution in [0.25, 0.3) is 11.0 Å². The van der Waals surface area contributed by atoms with E-state index in [1.54, 1.807) is 19.2 Å². The van der Waals surface area contributed by atoms with Gasteiger partial charge in [-0.3, -0.25) is 9.47 Å². The maximum Gasteiger partial charge on any atom is 0.416 e. The molecule has 3 heterocycles. The Labute approximate surface area is 199 Å². The normalized spacial score (nSPS) is 20.6. The van der Waals surface area contributed by atoms with Crippen LogP contribution in [0.2, 0.25) is 5.15 Å². The summed E-state index contributed by atoms with van der Waals surface area (Å²) in [6.45, 7) is 4.54. The summed E-state index contributed by atoms with van der Waals surface area (Å²) in [6, 6.07) is 7.73. The molecule has 0 bridgehead atoms. The zero-order valence-corrected chi connectivity index (χ0v) is 19.7. The van der Waals surface area contributed by atoms with E-state index in [0.717, 1.165) is 17.7 Å². The smallest absolute Gasteiger partial charge is 0.395 e. The lowest BCUT2D eigenvalue weighted by Crippen LogP contribution is -2.59. The molecule has 2 aromatic heterocycles. The number of pyridine rings is 1. The van der Waals surface area contributed by atoms with Gasteiger partial charge in [0.15, 0.2) is 5.82 Å². The molecule has 3 atom stereocenters. The molecule has 0 spiro atoms. The van der Waals surface area contributed by atoms with Gasteiger partial charge < -0.3 is 10.0 Å². The fraction of sp³-hybridized carbons (Fsp3) is 0.435. The molecule has 3 aromatic rings. The lowest BCUT2D eigenvalue weighted by molar-refractivity contribution is -0.137. The van der Waals surface area contributed by atoms with Crippen molar-refractivity contribution in [3.05, 3.63) is 63.2 Å². The number of hydrogen-bond acceptors (Lipinski definition) is 6. The number of aliphatic hydroxyl groups excluding tert-OH is 1. The van der Waals surface area contributed by atoms with Gasteiger partial charge in [-0.15, -0.1) is 0 Å². The molecule has 2 unspecified atom stereocenters. The molecule has 0 saturated carbocycles. The van der Waals surface area contributed by atoms with Crippen LogP contribution >= 0.6 is 11.6 Å². The van der Waals surface area contributed by atoms with Crippen molar-refractivity contribution in [2.24, 2.45) is 7.05 Å². The summed E-state index contributed by atoms with van der Waals surface area (Å²) in [5, 5.41) is 10.4. The number of hydrogen-bond donors (Lipinski definition) is 1. The highest BCUT2D eigenvalue weighted by Crippen LogP contribution is 2.34. The Morgan fingerprint density at radius 2 is 1.82 bits per heavy atom. The highest BCUT2D eigenvalue weighted by Gasteiger charge is 2.36. The standard InChI is InChI=1S/C23H25ClF3N5O2/c1-13-10-32(14(2)15-4-6-16(7-5-15)23(25,26)27)17(12-33)11-31(13)21-20-18(8-9-19(24)28-20)30(3)22(34)29-21/h4-9,13-14,17,33H,10-12H2,1-3H3/t13?,14?,17-/m0/s1. The Morgan fingerprint density at radius 1 is 1.15 bits per heavy atom. The van der Waals surface area contributed by atoms with Crippen LogP contribution in [-0.2, 0) is 13.2 Å². The van der Waals surface area contributed by atoms with Crippen LogP contribution in [0.4, 0.5) is 19.0 Å². The Hall–Kier alpha value is -2.69. The zero-order valence-electron chi connectivity index (χ0n) is 18.9. The third-order valence-corrected chi connectivity index (χ3v) is 6.70. The number of halogens is 4. The summed E-state index contributed by atoms with van der Waals surface area (Å²) in [6.07, 6.45) is -4.39. The summed E-state index contributed by atoms with van der Waals surface area (Å²) in [7, 11) is 1.61. The SMILES string of the molecule is CC1CN(C(C)c2ccc(C(F)(F)F)cc2)[C@H](CO)CN1c1nc(=O)n(C)c2ccc(Cl)nc12. The Balaban J connectivity index is 1.65. The van der Waals surface area contributed by atoms with Crippen LogP contribution in [0.5, 0.6) is 0 Å². The van der Waals surface area contributed by atoms with Gasteiger partial charge in [0, 0.05) is 32.2 Å². The van der Waals surface area contributed by atoms with E-state index >= 15 is 0 Å². The number of piperazine rings is 1. The van der Waals surface area contributed by atoms with E-state index in [4.69, 9.17) is 11.6 Å². The van der Waals surface area contributed by atoms with E-state index in [0.29, 0.717) is 29.9 Å². The van der Waals surface area contributed by atoms with E-state index < -0.39 is 17.4 Å². The molecule has 182 valence electrons.